The van der Waals surface area contributed by atoms with Crippen molar-refractivity contribution in [2.75, 3.05) is 0 Å². The molecule has 0 saturated heterocycles. The van der Waals surface area contributed by atoms with Gasteiger partial charge in [-0.15, -0.1) is 0 Å². The first-order valence-electron chi connectivity index (χ1n) is 7.52. The molecule has 0 aromatic rings. The van der Waals surface area contributed by atoms with Crippen LogP contribution < -0.4 is 0 Å². The molecule has 0 unspecified atom stereocenters. The van der Waals surface area contributed by atoms with Gasteiger partial charge in [0, 0.05) is 0 Å². The highest BCUT2D eigenvalue weighted by atomic mass is 14.0. The molecule has 0 aliphatic rings. The average Bonchev–Trinajstić information content (AvgIpc) is 2.39. The van der Waals surface area contributed by atoms with Crippen molar-refractivity contribution in [3.63, 3.8) is 0 Å². The molecule has 0 radical (unpaired) electrons. The summed E-state index contributed by atoms with van der Waals surface area (Å²) in [6.07, 6.45) is 26.6. The van der Waals surface area contributed by atoms with Gasteiger partial charge in [-0.1, -0.05) is 101 Å². The molecule has 0 N–H and O–H groups in total. The average molecular weight is 246 g/mol. The normalized spacial score (nSPS) is 12.1. The molecule has 0 fully saturated rings. The highest BCUT2D eigenvalue weighted by Gasteiger charge is 1.89. The Morgan fingerprint density at radius 2 is 1.22 bits per heavy atom. The Labute approximate surface area is 114 Å². The van der Waals surface area contributed by atoms with Crippen LogP contribution in [0.25, 0.3) is 0 Å². The van der Waals surface area contributed by atoms with Crippen LogP contribution in [-0.2, 0) is 0 Å². The number of hydrogen-bond donors (Lipinski definition) is 0. The zero-order valence-electron chi connectivity index (χ0n) is 12.1. The fourth-order valence-corrected chi connectivity index (χ4v) is 1.84. The zero-order valence-corrected chi connectivity index (χ0v) is 12.1. The van der Waals surface area contributed by atoms with Gasteiger partial charge >= 0.3 is 0 Å². The van der Waals surface area contributed by atoms with Gasteiger partial charge in [0.05, 0.1) is 0 Å². The quantitative estimate of drug-likeness (QED) is 0.277. The topological polar surface area (TPSA) is 0 Å². The van der Waals surface area contributed by atoms with Gasteiger partial charge in [-0.3, -0.25) is 0 Å². The Bertz CT molecular complexity index is 243. The van der Waals surface area contributed by atoms with Crippen molar-refractivity contribution in [1.29, 1.82) is 0 Å². The molecule has 0 heterocycles. The molecular weight excluding hydrogens is 216 g/mol. The summed E-state index contributed by atoms with van der Waals surface area (Å²) in [6.45, 7) is 5.89. The van der Waals surface area contributed by atoms with Crippen LogP contribution >= 0.6 is 0 Å². The summed E-state index contributed by atoms with van der Waals surface area (Å²) < 4.78 is 0. The molecule has 0 nitrogen and oxygen atoms in total. The molecule has 0 spiro atoms. The van der Waals surface area contributed by atoms with Gasteiger partial charge in [0.2, 0.25) is 0 Å². The maximum atomic E-state index is 3.62. The fraction of sp³-hybridized carbons (Fsp3) is 0.556. The third kappa shape index (κ3) is 15.0. The lowest BCUT2D eigenvalue weighted by Gasteiger charge is -1.99. The van der Waals surface area contributed by atoms with Gasteiger partial charge in [0.1, 0.15) is 0 Å². The van der Waals surface area contributed by atoms with Crippen LogP contribution in [0.5, 0.6) is 0 Å². The van der Waals surface area contributed by atoms with E-state index in [9.17, 15) is 0 Å². The lowest BCUT2D eigenvalue weighted by molar-refractivity contribution is 0.577. The smallest absolute Gasteiger partial charge is 0.0348 e. The van der Waals surface area contributed by atoms with E-state index in [0.717, 1.165) is 0 Å². The maximum absolute atomic E-state index is 3.62. The van der Waals surface area contributed by atoms with Crippen LogP contribution in [0, 0.1) is 0 Å². The summed E-state index contributed by atoms with van der Waals surface area (Å²) in [6, 6.07) is 0. The summed E-state index contributed by atoms with van der Waals surface area (Å²) in [5.41, 5.74) is 0. The first-order chi connectivity index (χ1) is 8.91. The van der Waals surface area contributed by atoms with Crippen molar-refractivity contribution in [3.05, 3.63) is 49.1 Å². The minimum Gasteiger partial charge on any atom is -0.0991 e. The third-order valence-electron chi connectivity index (χ3n) is 2.94. The first-order valence-corrected chi connectivity index (χ1v) is 7.52. The second-order valence-corrected chi connectivity index (χ2v) is 4.70. The minimum atomic E-state index is 1.21. The summed E-state index contributed by atoms with van der Waals surface area (Å²) >= 11 is 0. The minimum absolute atomic E-state index is 1.21. The predicted octanol–water partition coefficient (Wildman–Crippen LogP) is 6.37. The summed E-state index contributed by atoms with van der Waals surface area (Å²) in [5.74, 6) is 0. The molecule has 0 heteroatoms. The van der Waals surface area contributed by atoms with Gasteiger partial charge in [0.15, 0.2) is 0 Å². The third-order valence-corrected chi connectivity index (χ3v) is 2.94. The molecular formula is C18H30. The van der Waals surface area contributed by atoms with Crippen molar-refractivity contribution in [3.8, 4) is 0 Å². The van der Waals surface area contributed by atoms with Crippen molar-refractivity contribution in [2.45, 2.75) is 64.7 Å². The van der Waals surface area contributed by atoms with E-state index in [2.05, 4.69) is 31.7 Å². The van der Waals surface area contributed by atoms with Crippen molar-refractivity contribution in [1.82, 2.24) is 0 Å². The van der Waals surface area contributed by atoms with E-state index in [1.807, 2.05) is 18.2 Å². The van der Waals surface area contributed by atoms with Gasteiger partial charge < -0.3 is 0 Å². The number of rotatable bonds is 12. The fourth-order valence-electron chi connectivity index (χ4n) is 1.84. The molecule has 18 heavy (non-hydrogen) atoms. The second-order valence-electron chi connectivity index (χ2n) is 4.70. The molecule has 0 aromatic carbocycles. The Morgan fingerprint density at radius 1 is 0.667 bits per heavy atom. The molecule has 0 amide bonds. The lowest BCUT2D eigenvalue weighted by atomic mass is 10.1. The van der Waals surface area contributed by atoms with E-state index >= 15 is 0 Å². The summed E-state index contributed by atoms with van der Waals surface area (Å²) in [7, 11) is 0. The first kappa shape index (κ1) is 17.0. The largest absolute Gasteiger partial charge is 0.0991 e. The molecule has 0 saturated carbocycles. The highest BCUT2D eigenvalue weighted by molar-refractivity contribution is 5.14. The van der Waals surface area contributed by atoms with Crippen LogP contribution in [0.15, 0.2) is 49.1 Å². The van der Waals surface area contributed by atoms with E-state index in [1.165, 1.54) is 57.8 Å². The molecule has 0 rings (SSSR count). The molecule has 0 aliphatic heterocycles. The van der Waals surface area contributed by atoms with Crippen LogP contribution in [0.3, 0.4) is 0 Å². The Hall–Kier alpha value is -1.04. The Morgan fingerprint density at radius 3 is 1.89 bits per heavy atom. The van der Waals surface area contributed by atoms with Gasteiger partial charge in [-0.25, -0.2) is 0 Å². The van der Waals surface area contributed by atoms with Gasteiger partial charge in [-0.2, -0.15) is 0 Å². The van der Waals surface area contributed by atoms with E-state index in [1.54, 1.807) is 6.08 Å². The number of hydrogen-bond acceptors (Lipinski definition) is 0. The van der Waals surface area contributed by atoms with Crippen molar-refractivity contribution >= 4 is 0 Å². The van der Waals surface area contributed by atoms with Crippen LogP contribution in [0.1, 0.15) is 64.7 Å². The van der Waals surface area contributed by atoms with Crippen molar-refractivity contribution in [2.24, 2.45) is 0 Å². The highest BCUT2D eigenvalue weighted by Crippen LogP contribution is 2.09. The Kier molecular flexibility index (Phi) is 15.0. The zero-order chi connectivity index (χ0) is 13.3. The SMILES string of the molecule is C=CC=CC=CC=CCCCCCCCCCC. The molecule has 0 atom stereocenters. The molecule has 0 aliphatic carbocycles. The van der Waals surface area contributed by atoms with E-state index in [0.29, 0.717) is 0 Å². The standard InChI is InChI=1S/C18H30/c1-3-5-7-9-11-13-15-17-18-16-14-12-10-8-6-4-2/h3,5,7,9,11,13,15H,1,4,6,8,10,12,14,16-18H2,2H3. The van der Waals surface area contributed by atoms with Crippen molar-refractivity contribution < 1.29 is 0 Å². The molecule has 0 bridgehead atoms. The van der Waals surface area contributed by atoms with Crippen LogP contribution in [0.2, 0.25) is 0 Å². The monoisotopic (exact) mass is 246 g/mol. The second kappa shape index (κ2) is 16.0. The van der Waals surface area contributed by atoms with Gasteiger partial charge in [-0.05, 0) is 12.8 Å². The molecule has 102 valence electrons. The number of allylic oxidation sites excluding steroid dienone is 7. The number of unbranched alkanes of at least 4 members (excludes halogenated alkanes) is 8. The van der Waals surface area contributed by atoms with E-state index < -0.39 is 0 Å². The maximum Gasteiger partial charge on any atom is -0.0348 e. The van der Waals surface area contributed by atoms with Crippen LogP contribution in [-0.4, -0.2) is 0 Å². The van der Waals surface area contributed by atoms with E-state index in [-0.39, 0.29) is 0 Å². The predicted molar refractivity (Wildman–Crippen MR) is 84.8 cm³/mol. The summed E-state index contributed by atoms with van der Waals surface area (Å²) in [5, 5.41) is 0. The Balaban J connectivity index is 3.19. The summed E-state index contributed by atoms with van der Waals surface area (Å²) in [4.78, 5) is 0. The lowest BCUT2D eigenvalue weighted by Crippen LogP contribution is -1.79. The van der Waals surface area contributed by atoms with Gasteiger partial charge in [0.25, 0.3) is 0 Å². The van der Waals surface area contributed by atoms with Crippen LogP contribution in [0.4, 0.5) is 0 Å². The molecule has 0 aromatic heterocycles. The van der Waals surface area contributed by atoms with E-state index in [4.69, 9.17) is 0 Å².